The molecule has 0 fully saturated rings. The summed E-state index contributed by atoms with van der Waals surface area (Å²) in [5, 5.41) is 1.80. The maximum absolute atomic E-state index is 14.3. The molecule has 46 heavy (non-hydrogen) atoms. The van der Waals surface area contributed by atoms with Gasteiger partial charge in [-0.3, -0.25) is 9.36 Å². The molecule has 1 aliphatic heterocycles. The topological polar surface area (TPSA) is 109 Å². The van der Waals surface area contributed by atoms with Crippen LogP contribution < -0.4 is 19.6 Å². The summed E-state index contributed by atoms with van der Waals surface area (Å²) in [7, 11) is 2.91. The number of ether oxygens (including phenoxy) is 3. The van der Waals surface area contributed by atoms with Crippen LogP contribution in [-0.2, 0) is 14.3 Å². The first kappa shape index (κ1) is 30.8. The lowest BCUT2D eigenvalue weighted by Gasteiger charge is -2.28. The van der Waals surface area contributed by atoms with E-state index in [1.165, 1.54) is 18.4 Å². The molecule has 3 aromatic carbocycles. The molecule has 5 aromatic rings. The van der Waals surface area contributed by atoms with E-state index >= 15 is 0 Å². The number of rotatable bonds is 9. The highest BCUT2D eigenvalue weighted by Crippen LogP contribution is 2.41. The third kappa shape index (κ3) is 5.56. The number of carbonyl (C=O) groups excluding carboxylic acids is 2. The van der Waals surface area contributed by atoms with Crippen molar-refractivity contribution >= 4 is 40.1 Å². The van der Waals surface area contributed by atoms with E-state index in [4.69, 9.17) is 23.6 Å². The van der Waals surface area contributed by atoms with Crippen LogP contribution in [0.15, 0.2) is 98.3 Å². The van der Waals surface area contributed by atoms with Gasteiger partial charge < -0.3 is 18.6 Å². The van der Waals surface area contributed by atoms with Crippen LogP contribution in [0.1, 0.15) is 54.4 Å². The second kappa shape index (κ2) is 13.0. The van der Waals surface area contributed by atoms with Gasteiger partial charge in [0.15, 0.2) is 4.80 Å². The molecule has 6 rings (SSSR count). The fraction of sp³-hybridized carbons (Fsp3) is 0.222. The molecule has 234 valence electrons. The minimum Gasteiger partial charge on any atom is -0.496 e. The van der Waals surface area contributed by atoms with Crippen LogP contribution in [0.3, 0.4) is 0 Å². The molecular weight excluding hydrogens is 604 g/mol. The van der Waals surface area contributed by atoms with Crippen LogP contribution in [0.2, 0.25) is 0 Å². The molecular formula is C36H32N2O7S. The molecule has 0 bridgehead atoms. The average molecular weight is 637 g/mol. The summed E-state index contributed by atoms with van der Waals surface area (Å²) in [6, 6.07) is 21.3. The van der Waals surface area contributed by atoms with Gasteiger partial charge >= 0.3 is 11.9 Å². The summed E-state index contributed by atoms with van der Waals surface area (Å²) >= 11 is 1.23. The zero-order valence-electron chi connectivity index (χ0n) is 25.9. The number of thiazole rings is 1. The van der Waals surface area contributed by atoms with E-state index in [1.54, 1.807) is 61.1 Å². The SMILES string of the molecule is CCCC1=C(C(=O)OCC)C(c2c(OC)ccc3ccccc23)n2c(s/c(=C\c3ccc(-c4ccc(C(=O)OC)cc4)o3)c2=O)=N1. The van der Waals surface area contributed by atoms with Crippen molar-refractivity contribution < 1.29 is 28.2 Å². The van der Waals surface area contributed by atoms with Crippen LogP contribution in [-0.4, -0.2) is 37.3 Å². The Kier molecular flexibility index (Phi) is 8.72. The van der Waals surface area contributed by atoms with Crippen molar-refractivity contribution in [3.8, 4) is 17.1 Å². The Morgan fingerprint density at radius 3 is 2.48 bits per heavy atom. The van der Waals surface area contributed by atoms with Crippen LogP contribution >= 0.6 is 11.3 Å². The molecule has 1 aliphatic rings. The number of carbonyl (C=O) groups is 2. The number of hydrogen-bond acceptors (Lipinski definition) is 9. The molecule has 10 heteroatoms. The maximum atomic E-state index is 14.3. The van der Waals surface area contributed by atoms with E-state index in [1.807, 2.05) is 43.3 Å². The van der Waals surface area contributed by atoms with Crippen LogP contribution in [0, 0.1) is 0 Å². The third-order valence-electron chi connectivity index (χ3n) is 7.81. The number of esters is 2. The minimum atomic E-state index is -0.833. The normalized spacial score (nSPS) is 14.6. The van der Waals surface area contributed by atoms with Gasteiger partial charge in [0, 0.05) is 17.2 Å². The van der Waals surface area contributed by atoms with Gasteiger partial charge in [-0.25, -0.2) is 14.6 Å². The van der Waals surface area contributed by atoms with Crippen LogP contribution in [0.25, 0.3) is 28.2 Å². The van der Waals surface area contributed by atoms with E-state index in [-0.39, 0.29) is 12.2 Å². The van der Waals surface area contributed by atoms with Crippen molar-refractivity contribution in [1.82, 2.24) is 4.57 Å². The van der Waals surface area contributed by atoms with Crippen LogP contribution in [0.4, 0.5) is 0 Å². The van der Waals surface area contributed by atoms with Gasteiger partial charge in [0.2, 0.25) is 0 Å². The first-order chi connectivity index (χ1) is 22.4. The number of aromatic nitrogens is 1. The molecule has 0 spiro atoms. The standard InChI is InChI=1S/C36H32N2O7S/c1-5-9-26-31(35(41)44-6-2)32(30-25-11-8-7-10-21(25)16-18-28(30)42-3)38-33(39)29(46-36(38)37-26)20-24-17-19-27(45-24)22-12-14-23(15-13-22)34(40)43-4/h7-8,10-20,32H,5-6,9H2,1-4H3/b29-20-. The molecule has 2 aromatic heterocycles. The van der Waals surface area contributed by atoms with Gasteiger partial charge in [-0.15, -0.1) is 0 Å². The number of allylic oxidation sites excluding steroid dienone is 1. The van der Waals surface area contributed by atoms with Crippen molar-refractivity contribution in [2.75, 3.05) is 20.8 Å². The maximum Gasteiger partial charge on any atom is 0.338 e. The zero-order valence-corrected chi connectivity index (χ0v) is 26.7. The Labute approximate surface area is 268 Å². The molecule has 0 saturated carbocycles. The summed E-state index contributed by atoms with van der Waals surface area (Å²) in [5.41, 5.74) is 2.48. The molecule has 0 aliphatic carbocycles. The molecule has 1 unspecified atom stereocenters. The highest BCUT2D eigenvalue weighted by Gasteiger charge is 2.37. The second-order valence-corrected chi connectivity index (χ2v) is 11.6. The van der Waals surface area contributed by atoms with E-state index in [0.29, 0.717) is 55.4 Å². The fourth-order valence-corrected chi connectivity index (χ4v) is 6.73. The molecule has 0 saturated heterocycles. The van der Waals surface area contributed by atoms with E-state index < -0.39 is 18.0 Å². The van der Waals surface area contributed by atoms with Crippen molar-refractivity contribution in [2.24, 2.45) is 4.99 Å². The molecule has 0 radical (unpaired) electrons. The first-order valence-corrected chi connectivity index (χ1v) is 15.8. The van der Waals surface area contributed by atoms with E-state index in [9.17, 15) is 14.4 Å². The van der Waals surface area contributed by atoms with Crippen LogP contribution in [0.5, 0.6) is 5.75 Å². The smallest absolute Gasteiger partial charge is 0.338 e. The Bertz CT molecular complexity index is 2170. The first-order valence-electron chi connectivity index (χ1n) is 14.9. The van der Waals surface area contributed by atoms with E-state index in [0.717, 1.165) is 22.8 Å². The average Bonchev–Trinajstić information content (AvgIpc) is 3.67. The number of hydrogen-bond donors (Lipinski definition) is 0. The summed E-state index contributed by atoms with van der Waals surface area (Å²) in [6.07, 6.45) is 2.95. The second-order valence-electron chi connectivity index (χ2n) is 10.6. The Morgan fingerprint density at radius 1 is 0.978 bits per heavy atom. The van der Waals surface area contributed by atoms with Gasteiger partial charge in [0.1, 0.15) is 23.3 Å². The largest absolute Gasteiger partial charge is 0.496 e. The monoisotopic (exact) mass is 636 g/mol. The summed E-state index contributed by atoms with van der Waals surface area (Å²) in [6.45, 7) is 3.95. The highest BCUT2D eigenvalue weighted by molar-refractivity contribution is 7.07. The van der Waals surface area contributed by atoms with Crippen molar-refractivity contribution in [3.63, 3.8) is 0 Å². The number of fused-ring (bicyclic) bond motifs is 2. The lowest BCUT2D eigenvalue weighted by Crippen LogP contribution is -2.40. The third-order valence-corrected chi connectivity index (χ3v) is 8.79. The number of methoxy groups -OCH3 is 2. The van der Waals surface area contributed by atoms with Crippen molar-refractivity contribution in [2.45, 2.75) is 32.7 Å². The van der Waals surface area contributed by atoms with Crippen molar-refractivity contribution in [1.29, 1.82) is 0 Å². The lowest BCUT2D eigenvalue weighted by atomic mass is 9.90. The Morgan fingerprint density at radius 2 is 1.76 bits per heavy atom. The quantitative estimate of drug-likeness (QED) is 0.189. The fourth-order valence-electron chi connectivity index (χ4n) is 5.73. The Balaban J connectivity index is 1.54. The number of furan rings is 1. The van der Waals surface area contributed by atoms with Gasteiger partial charge in [-0.05, 0) is 54.4 Å². The van der Waals surface area contributed by atoms with Crippen molar-refractivity contribution in [3.05, 3.63) is 121 Å². The minimum absolute atomic E-state index is 0.178. The summed E-state index contributed by atoms with van der Waals surface area (Å²) in [4.78, 5) is 45.2. The predicted molar refractivity (Wildman–Crippen MR) is 176 cm³/mol. The number of nitrogens with zero attached hydrogens (tertiary/aromatic N) is 2. The predicted octanol–water partition coefficient (Wildman–Crippen LogP) is 5.79. The number of benzene rings is 3. The highest BCUT2D eigenvalue weighted by atomic mass is 32.1. The molecule has 0 N–H and O–H groups in total. The molecule has 1 atom stereocenters. The van der Waals surface area contributed by atoms with Gasteiger partial charge in [0.25, 0.3) is 5.56 Å². The lowest BCUT2D eigenvalue weighted by molar-refractivity contribution is -0.139. The summed E-state index contributed by atoms with van der Waals surface area (Å²) < 4.78 is 24.3. The zero-order chi connectivity index (χ0) is 32.4. The van der Waals surface area contributed by atoms with E-state index in [2.05, 4.69) is 0 Å². The van der Waals surface area contributed by atoms with Gasteiger partial charge in [0.05, 0.1) is 42.2 Å². The Hall–Kier alpha value is -5.22. The van der Waals surface area contributed by atoms with Gasteiger partial charge in [-0.1, -0.05) is 67.1 Å². The molecule has 9 nitrogen and oxygen atoms in total. The summed E-state index contributed by atoms with van der Waals surface area (Å²) in [5.74, 6) is 0.651. The van der Waals surface area contributed by atoms with Gasteiger partial charge in [-0.2, -0.15) is 0 Å². The molecule has 0 amide bonds. The molecule has 3 heterocycles.